The zero-order chi connectivity index (χ0) is 14.9. The van der Waals surface area contributed by atoms with E-state index < -0.39 is 0 Å². The second-order valence-corrected chi connectivity index (χ2v) is 4.74. The van der Waals surface area contributed by atoms with E-state index in [1.807, 2.05) is 30.3 Å². The Morgan fingerprint density at radius 2 is 2.19 bits per heavy atom. The lowest BCUT2D eigenvalue weighted by molar-refractivity contribution is 0.305. The van der Waals surface area contributed by atoms with Gasteiger partial charge >= 0.3 is 0 Å². The van der Waals surface area contributed by atoms with Crippen molar-refractivity contribution in [3.63, 3.8) is 0 Å². The molecule has 0 saturated carbocycles. The highest BCUT2D eigenvalue weighted by atomic mass is 16.5. The number of nitrogens with one attached hydrogen (secondary N) is 1. The van der Waals surface area contributed by atoms with Gasteiger partial charge in [-0.1, -0.05) is 25.1 Å². The van der Waals surface area contributed by atoms with Crippen LogP contribution in [0.5, 0.6) is 5.75 Å². The molecular formula is C17H19N3O. The number of ether oxygens (including phenoxy) is 1. The summed E-state index contributed by atoms with van der Waals surface area (Å²) in [6, 6.07) is 13.7. The molecular weight excluding hydrogens is 262 g/mol. The number of hydrogen-bond acceptors (Lipinski definition) is 4. The minimum atomic E-state index is 0.350. The summed E-state index contributed by atoms with van der Waals surface area (Å²) < 4.78 is 5.76. The van der Waals surface area contributed by atoms with Crippen LogP contribution in [0.4, 0.5) is 0 Å². The highest BCUT2D eigenvalue weighted by Gasteiger charge is 2.03. The molecule has 4 heteroatoms. The van der Waals surface area contributed by atoms with Crippen LogP contribution in [0.2, 0.25) is 0 Å². The van der Waals surface area contributed by atoms with Crippen LogP contribution in [0.15, 0.2) is 42.6 Å². The molecule has 0 atom stereocenters. The average molecular weight is 281 g/mol. The van der Waals surface area contributed by atoms with Gasteiger partial charge in [-0.15, -0.1) is 0 Å². The fourth-order valence-electron chi connectivity index (χ4n) is 1.97. The van der Waals surface area contributed by atoms with Crippen LogP contribution in [0.1, 0.15) is 30.2 Å². The van der Waals surface area contributed by atoms with Crippen LogP contribution in [-0.2, 0) is 13.2 Å². The van der Waals surface area contributed by atoms with Crippen LogP contribution in [0, 0.1) is 11.3 Å². The minimum Gasteiger partial charge on any atom is -0.489 e. The van der Waals surface area contributed by atoms with E-state index in [9.17, 15) is 0 Å². The zero-order valence-corrected chi connectivity index (χ0v) is 12.2. The van der Waals surface area contributed by atoms with Crippen LogP contribution >= 0.6 is 0 Å². The Hall–Kier alpha value is -2.38. The Bertz CT molecular complexity index is 619. The molecule has 1 aromatic carbocycles. The van der Waals surface area contributed by atoms with Crippen molar-refractivity contribution < 1.29 is 4.74 Å². The van der Waals surface area contributed by atoms with Gasteiger partial charge in [0.15, 0.2) is 0 Å². The van der Waals surface area contributed by atoms with E-state index in [2.05, 4.69) is 29.4 Å². The lowest BCUT2D eigenvalue weighted by Gasteiger charge is -2.09. The first-order valence-electron chi connectivity index (χ1n) is 7.10. The van der Waals surface area contributed by atoms with Gasteiger partial charge in [-0.05, 0) is 36.7 Å². The monoisotopic (exact) mass is 281 g/mol. The maximum atomic E-state index is 9.00. The third kappa shape index (κ3) is 4.59. The largest absolute Gasteiger partial charge is 0.489 e. The summed E-state index contributed by atoms with van der Waals surface area (Å²) in [4.78, 5) is 4.03. The molecule has 0 spiro atoms. The standard InChI is InChI=1S/C17H19N3O/c1-2-8-19-12-14-5-3-7-16(10-14)21-13-15-6-4-9-20-17(15)11-18/h3-7,9-10,19H,2,8,12-13H2,1H3. The van der Waals surface area contributed by atoms with Gasteiger partial charge in [0, 0.05) is 18.3 Å². The molecule has 108 valence electrons. The average Bonchev–Trinajstić information content (AvgIpc) is 2.54. The fraction of sp³-hybridized carbons (Fsp3) is 0.294. The number of pyridine rings is 1. The molecule has 0 fully saturated rings. The van der Waals surface area contributed by atoms with Gasteiger partial charge in [0.05, 0.1) is 0 Å². The van der Waals surface area contributed by atoms with E-state index >= 15 is 0 Å². The molecule has 4 nitrogen and oxygen atoms in total. The summed E-state index contributed by atoms with van der Waals surface area (Å²) in [6.45, 7) is 4.34. The fourth-order valence-corrected chi connectivity index (χ4v) is 1.97. The predicted octanol–water partition coefficient (Wildman–Crippen LogP) is 3.03. The van der Waals surface area contributed by atoms with Gasteiger partial charge < -0.3 is 10.1 Å². The van der Waals surface area contributed by atoms with Crippen LogP contribution in [0.3, 0.4) is 0 Å². The molecule has 0 saturated heterocycles. The second-order valence-electron chi connectivity index (χ2n) is 4.74. The molecule has 0 amide bonds. The number of nitriles is 1. The van der Waals surface area contributed by atoms with Crippen molar-refractivity contribution in [2.75, 3.05) is 6.54 Å². The van der Waals surface area contributed by atoms with E-state index in [0.29, 0.717) is 12.3 Å². The van der Waals surface area contributed by atoms with Gasteiger partial charge in [-0.25, -0.2) is 4.98 Å². The van der Waals surface area contributed by atoms with Gasteiger partial charge in [0.25, 0.3) is 0 Å². The Morgan fingerprint density at radius 3 is 3.00 bits per heavy atom. The van der Waals surface area contributed by atoms with E-state index in [1.165, 1.54) is 5.56 Å². The lowest BCUT2D eigenvalue weighted by atomic mass is 10.2. The van der Waals surface area contributed by atoms with E-state index in [0.717, 1.165) is 30.8 Å². The van der Waals surface area contributed by atoms with Crippen molar-refractivity contribution in [2.24, 2.45) is 0 Å². The lowest BCUT2D eigenvalue weighted by Crippen LogP contribution is -2.13. The van der Waals surface area contributed by atoms with Crippen molar-refractivity contribution in [3.05, 3.63) is 59.4 Å². The molecule has 21 heavy (non-hydrogen) atoms. The first-order valence-corrected chi connectivity index (χ1v) is 7.10. The SMILES string of the molecule is CCCNCc1cccc(OCc2cccnc2C#N)c1. The molecule has 1 aromatic heterocycles. The zero-order valence-electron chi connectivity index (χ0n) is 12.2. The molecule has 1 N–H and O–H groups in total. The smallest absolute Gasteiger partial charge is 0.147 e. The first-order chi connectivity index (χ1) is 10.3. The molecule has 2 rings (SSSR count). The maximum Gasteiger partial charge on any atom is 0.147 e. The molecule has 0 aliphatic heterocycles. The number of aromatic nitrogens is 1. The van der Waals surface area contributed by atoms with Gasteiger partial charge in [-0.3, -0.25) is 0 Å². The molecule has 2 aromatic rings. The number of rotatable bonds is 7. The summed E-state index contributed by atoms with van der Waals surface area (Å²) in [5.41, 5.74) is 2.40. The predicted molar refractivity (Wildman–Crippen MR) is 81.7 cm³/mol. The maximum absolute atomic E-state index is 9.00. The van der Waals surface area contributed by atoms with Crippen LogP contribution in [0.25, 0.3) is 0 Å². The molecule has 0 bridgehead atoms. The van der Waals surface area contributed by atoms with Crippen molar-refractivity contribution in [1.29, 1.82) is 5.26 Å². The molecule has 0 aliphatic rings. The molecule has 1 heterocycles. The van der Waals surface area contributed by atoms with E-state index in [1.54, 1.807) is 6.20 Å². The van der Waals surface area contributed by atoms with E-state index in [4.69, 9.17) is 10.00 Å². The quantitative estimate of drug-likeness (QED) is 0.793. The van der Waals surface area contributed by atoms with Crippen molar-refractivity contribution in [3.8, 4) is 11.8 Å². The molecule has 0 radical (unpaired) electrons. The summed E-state index contributed by atoms with van der Waals surface area (Å²) in [6.07, 6.45) is 2.73. The molecule has 0 unspecified atom stereocenters. The van der Waals surface area contributed by atoms with Crippen molar-refractivity contribution >= 4 is 0 Å². The summed E-state index contributed by atoms with van der Waals surface area (Å²) >= 11 is 0. The second kappa shape index (κ2) is 8.03. The normalized spacial score (nSPS) is 10.1. The Morgan fingerprint density at radius 1 is 1.29 bits per heavy atom. The topological polar surface area (TPSA) is 57.9 Å². The van der Waals surface area contributed by atoms with Crippen LogP contribution < -0.4 is 10.1 Å². The molecule has 0 aliphatic carbocycles. The van der Waals surface area contributed by atoms with Gasteiger partial charge in [0.2, 0.25) is 0 Å². The number of hydrogen-bond donors (Lipinski definition) is 1. The highest BCUT2D eigenvalue weighted by Crippen LogP contribution is 2.16. The summed E-state index contributed by atoms with van der Waals surface area (Å²) in [5.74, 6) is 0.804. The summed E-state index contributed by atoms with van der Waals surface area (Å²) in [7, 11) is 0. The Labute approximate surface area is 125 Å². The third-order valence-corrected chi connectivity index (χ3v) is 3.05. The van der Waals surface area contributed by atoms with Crippen molar-refractivity contribution in [2.45, 2.75) is 26.5 Å². The Balaban J connectivity index is 1.97. The van der Waals surface area contributed by atoms with Gasteiger partial charge in [0.1, 0.15) is 24.1 Å². The first kappa shape index (κ1) is 15.0. The van der Waals surface area contributed by atoms with Gasteiger partial charge in [-0.2, -0.15) is 5.26 Å². The number of nitrogens with zero attached hydrogens (tertiary/aromatic N) is 2. The van der Waals surface area contributed by atoms with Crippen molar-refractivity contribution in [1.82, 2.24) is 10.3 Å². The minimum absolute atomic E-state index is 0.350. The number of benzene rings is 1. The third-order valence-electron chi connectivity index (χ3n) is 3.05. The van der Waals surface area contributed by atoms with Crippen LogP contribution in [-0.4, -0.2) is 11.5 Å². The Kier molecular flexibility index (Phi) is 5.74. The summed E-state index contributed by atoms with van der Waals surface area (Å²) in [5, 5.41) is 12.4. The van der Waals surface area contributed by atoms with E-state index in [-0.39, 0.29) is 0 Å². The highest BCUT2D eigenvalue weighted by molar-refractivity contribution is 5.32.